The molecular formula is C16H25N3O2. The maximum absolute atomic E-state index is 11.8. The van der Waals surface area contributed by atoms with Crippen molar-refractivity contribution in [2.75, 3.05) is 11.9 Å². The van der Waals surface area contributed by atoms with Crippen LogP contribution in [0, 0.1) is 11.8 Å². The molecule has 0 aliphatic rings. The molecule has 1 aromatic rings. The Morgan fingerprint density at radius 2 is 1.90 bits per heavy atom. The molecule has 0 heterocycles. The van der Waals surface area contributed by atoms with Crippen LogP contribution >= 0.6 is 0 Å². The predicted molar refractivity (Wildman–Crippen MR) is 84.6 cm³/mol. The van der Waals surface area contributed by atoms with Crippen LogP contribution in [0.15, 0.2) is 24.3 Å². The molecule has 1 atom stereocenters. The van der Waals surface area contributed by atoms with E-state index in [2.05, 4.69) is 10.6 Å². The number of hydrogen-bond acceptors (Lipinski definition) is 3. The molecule has 0 saturated carbocycles. The maximum atomic E-state index is 11.8. The molecular weight excluding hydrogens is 266 g/mol. The van der Waals surface area contributed by atoms with Crippen molar-refractivity contribution in [1.29, 1.82) is 0 Å². The number of anilines is 1. The lowest BCUT2D eigenvalue weighted by Crippen LogP contribution is -2.30. The van der Waals surface area contributed by atoms with Crippen molar-refractivity contribution < 1.29 is 9.59 Å². The highest BCUT2D eigenvalue weighted by Crippen LogP contribution is 2.12. The Morgan fingerprint density at radius 3 is 2.52 bits per heavy atom. The molecule has 116 valence electrons. The Bertz CT molecular complexity index is 486. The van der Waals surface area contributed by atoms with Crippen LogP contribution in [0.4, 0.5) is 5.69 Å². The van der Waals surface area contributed by atoms with Gasteiger partial charge in [-0.25, -0.2) is 0 Å². The molecule has 0 saturated heterocycles. The number of carbonyl (C=O) groups is 2. The molecule has 1 aromatic carbocycles. The predicted octanol–water partition coefficient (Wildman–Crippen LogP) is 1.88. The highest BCUT2D eigenvalue weighted by Gasteiger charge is 2.11. The second kappa shape index (κ2) is 8.42. The standard InChI is InChI=1S/C16H25N3O2/c1-11(2)15(20)19-14-6-4-5-13(9-14)10-18-16(21)12(3)7-8-17/h4-6,9,11-12H,7-8,10,17H2,1-3H3,(H,18,21)(H,19,20). The third kappa shape index (κ3) is 5.95. The van der Waals surface area contributed by atoms with E-state index in [0.29, 0.717) is 19.5 Å². The average molecular weight is 291 g/mol. The largest absolute Gasteiger partial charge is 0.352 e. The molecule has 0 bridgehead atoms. The van der Waals surface area contributed by atoms with Gasteiger partial charge < -0.3 is 16.4 Å². The molecule has 0 aromatic heterocycles. The van der Waals surface area contributed by atoms with Gasteiger partial charge in [-0.3, -0.25) is 9.59 Å². The number of nitrogens with two attached hydrogens (primary N) is 1. The first-order chi connectivity index (χ1) is 9.93. The molecule has 5 heteroatoms. The maximum Gasteiger partial charge on any atom is 0.226 e. The minimum atomic E-state index is -0.0844. The third-order valence-corrected chi connectivity index (χ3v) is 3.23. The Labute approximate surface area is 126 Å². The lowest BCUT2D eigenvalue weighted by Gasteiger charge is -2.12. The van der Waals surface area contributed by atoms with E-state index in [-0.39, 0.29) is 23.7 Å². The zero-order chi connectivity index (χ0) is 15.8. The number of benzene rings is 1. The van der Waals surface area contributed by atoms with Crippen LogP contribution in [0.1, 0.15) is 32.8 Å². The molecule has 1 unspecified atom stereocenters. The van der Waals surface area contributed by atoms with Crippen LogP contribution < -0.4 is 16.4 Å². The molecule has 0 fully saturated rings. The summed E-state index contributed by atoms with van der Waals surface area (Å²) in [6.45, 7) is 6.50. The highest BCUT2D eigenvalue weighted by atomic mass is 16.2. The van der Waals surface area contributed by atoms with Gasteiger partial charge >= 0.3 is 0 Å². The van der Waals surface area contributed by atoms with Crippen LogP contribution in [-0.4, -0.2) is 18.4 Å². The van der Waals surface area contributed by atoms with E-state index in [9.17, 15) is 9.59 Å². The Balaban J connectivity index is 2.57. The fourth-order valence-electron chi connectivity index (χ4n) is 1.79. The topological polar surface area (TPSA) is 84.2 Å². The van der Waals surface area contributed by atoms with E-state index < -0.39 is 0 Å². The van der Waals surface area contributed by atoms with Gasteiger partial charge in [0.25, 0.3) is 0 Å². The summed E-state index contributed by atoms with van der Waals surface area (Å²) in [5.74, 6) is -0.172. The third-order valence-electron chi connectivity index (χ3n) is 3.23. The Hall–Kier alpha value is -1.88. The van der Waals surface area contributed by atoms with Gasteiger partial charge in [-0.05, 0) is 30.7 Å². The highest BCUT2D eigenvalue weighted by molar-refractivity contribution is 5.92. The van der Waals surface area contributed by atoms with E-state index in [1.165, 1.54) is 0 Å². The normalized spacial score (nSPS) is 12.0. The lowest BCUT2D eigenvalue weighted by molar-refractivity contribution is -0.124. The van der Waals surface area contributed by atoms with E-state index in [0.717, 1.165) is 11.3 Å². The first-order valence-electron chi connectivity index (χ1n) is 7.31. The molecule has 4 N–H and O–H groups in total. The first-order valence-corrected chi connectivity index (χ1v) is 7.31. The van der Waals surface area contributed by atoms with Gasteiger partial charge in [-0.15, -0.1) is 0 Å². The molecule has 5 nitrogen and oxygen atoms in total. The monoisotopic (exact) mass is 291 g/mol. The van der Waals surface area contributed by atoms with Crippen LogP contribution in [0.3, 0.4) is 0 Å². The van der Waals surface area contributed by atoms with Gasteiger partial charge in [-0.1, -0.05) is 32.9 Å². The number of hydrogen-bond donors (Lipinski definition) is 3. The molecule has 0 aliphatic heterocycles. The van der Waals surface area contributed by atoms with Crippen molar-refractivity contribution >= 4 is 17.5 Å². The van der Waals surface area contributed by atoms with E-state index in [4.69, 9.17) is 5.73 Å². The van der Waals surface area contributed by atoms with Gasteiger partial charge in [0.05, 0.1) is 0 Å². The second-order valence-corrected chi connectivity index (χ2v) is 5.54. The van der Waals surface area contributed by atoms with Gasteiger partial charge in [-0.2, -0.15) is 0 Å². The van der Waals surface area contributed by atoms with Crippen LogP contribution in [0.2, 0.25) is 0 Å². The minimum Gasteiger partial charge on any atom is -0.352 e. The molecule has 1 rings (SSSR count). The first kappa shape index (κ1) is 17.2. The van der Waals surface area contributed by atoms with E-state index in [1.54, 1.807) is 0 Å². The van der Waals surface area contributed by atoms with Crippen molar-refractivity contribution in [2.24, 2.45) is 17.6 Å². The Kier molecular flexibility index (Phi) is 6.88. The molecule has 0 radical (unpaired) electrons. The van der Waals surface area contributed by atoms with Gasteiger partial charge in [0.2, 0.25) is 11.8 Å². The molecule has 0 aliphatic carbocycles. The number of carbonyl (C=O) groups excluding carboxylic acids is 2. The molecule has 2 amide bonds. The quantitative estimate of drug-likeness (QED) is 0.717. The van der Waals surface area contributed by atoms with Crippen molar-refractivity contribution in [2.45, 2.75) is 33.7 Å². The molecule has 21 heavy (non-hydrogen) atoms. The van der Waals surface area contributed by atoms with Crippen LogP contribution in [-0.2, 0) is 16.1 Å². The van der Waals surface area contributed by atoms with Gasteiger partial charge in [0.15, 0.2) is 0 Å². The fraction of sp³-hybridized carbons (Fsp3) is 0.500. The van der Waals surface area contributed by atoms with Crippen LogP contribution in [0.5, 0.6) is 0 Å². The van der Waals surface area contributed by atoms with Crippen molar-refractivity contribution in [3.63, 3.8) is 0 Å². The Morgan fingerprint density at radius 1 is 1.19 bits per heavy atom. The smallest absolute Gasteiger partial charge is 0.226 e. The van der Waals surface area contributed by atoms with Crippen molar-refractivity contribution in [3.05, 3.63) is 29.8 Å². The summed E-state index contributed by atoms with van der Waals surface area (Å²) in [7, 11) is 0. The lowest BCUT2D eigenvalue weighted by atomic mass is 10.1. The minimum absolute atomic E-state index is 0.00271. The summed E-state index contributed by atoms with van der Waals surface area (Å²) in [5, 5.41) is 5.72. The average Bonchev–Trinajstić information content (AvgIpc) is 2.45. The zero-order valence-corrected chi connectivity index (χ0v) is 13.0. The number of nitrogens with one attached hydrogen (secondary N) is 2. The van der Waals surface area contributed by atoms with E-state index >= 15 is 0 Å². The SMILES string of the molecule is CC(C)C(=O)Nc1cccc(CNC(=O)C(C)CCN)c1. The number of rotatable bonds is 7. The van der Waals surface area contributed by atoms with Crippen molar-refractivity contribution in [1.82, 2.24) is 5.32 Å². The second-order valence-electron chi connectivity index (χ2n) is 5.54. The summed E-state index contributed by atoms with van der Waals surface area (Å²) in [5.41, 5.74) is 7.14. The zero-order valence-electron chi connectivity index (χ0n) is 13.0. The summed E-state index contributed by atoms with van der Waals surface area (Å²) in [4.78, 5) is 23.5. The summed E-state index contributed by atoms with van der Waals surface area (Å²) in [6.07, 6.45) is 0.677. The van der Waals surface area contributed by atoms with Gasteiger partial charge in [0, 0.05) is 24.1 Å². The van der Waals surface area contributed by atoms with Crippen LogP contribution in [0.25, 0.3) is 0 Å². The fourth-order valence-corrected chi connectivity index (χ4v) is 1.79. The number of amides is 2. The summed E-state index contributed by atoms with van der Waals surface area (Å²) < 4.78 is 0. The van der Waals surface area contributed by atoms with Crippen molar-refractivity contribution in [3.8, 4) is 0 Å². The summed E-state index contributed by atoms with van der Waals surface area (Å²) >= 11 is 0. The summed E-state index contributed by atoms with van der Waals surface area (Å²) in [6, 6.07) is 7.48. The van der Waals surface area contributed by atoms with E-state index in [1.807, 2.05) is 45.0 Å². The van der Waals surface area contributed by atoms with Gasteiger partial charge in [0.1, 0.15) is 0 Å². The molecule has 0 spiro atoms.